The van der Waals surface area contributed by atoms with E-state index in [2.05, 4.69) is 231 Å². The van der Waals surface area contributed by atoms with E-state index in [9.17, 15) is 0 Å². The van der Waals surface area contributed by atoms with E-state index in [1.54, 1.807) is 0 Å². The predicted molar refractivity (Wildman–Crippen MR) is 298 cm³/mol. The monoisotopic (exact) mass is 911 g/mol. The van der Waals surface area contributed by atoms with Crippen LogP contribution in [0.5, 0.6) is 0 Å². The Balaban J connectivity index is 0.000000336. The average molecular weight is 912 g/mol. The first kappa shape index (κ1) is 42.8. The van der Waals surface area contributed by atoms with Crippen molar-refractivity contribution in [3.05, 3.63) is 329 Å². The minimum absolute atomic E-state index is 0.532. The maximum Gasteiger partial charge on any atom is 0.0720 e. The topological polar surface area (TPSA) is 26.0 Å². The molecule has 0 saturated heterocycles. The van der Waals surface area contributed by atoms with Gasteiger partial charge in [-0.05, 0) is 120 Å². The van der Waals surface area contributed by atoms with E-state index in [1.165, 1.54) is 98.1 Å². The Labute approximate surface area is 414 Å². The van der Waals surface area contributed by atoms with Crippen molar-refractivity contribution in [2.75, 3.05) is 5.73 Å². The lowest BCUT2D eigenvalue weighted by molar-refractivity contribution is 0.624. The first-order valence-corrected chi connectivity index (χ1v) is 24.8. The highest BCUT2D eigenvalue weighted by Gasteiger charge is 2.57. The maximum atomic E-state index is 5.60. The fourth-order valence-electron chi connectivity index (χ4n) is 11.5. The van der Waals surface area contributed by atoms with Crippen LogP contribution in [0.4, 0.5) is 5.69 Å². The highest BCUT2D eigenvalue weighted by atomic mass is 32.1. The van der Waals surface area contributed by atoms with Crippen molar-refractivity contribution >= 4 is 48.8 Å². The molecular weight excluding hydrogens is 863 g/mol. The lowest BCUT2D eigenvalue weighted by atomic mass is 9.51. The van der Waals surface area contributed by atoms with Crippen LogP contribution >= 0.6 is 11.3 Å². The Morgan fingerprint density at radius 1 is 0.386 bits per heavy atom. The molecule has 2 aliphatic carbocycles. The van der Waals surface area contributed by atoms with Crippen LogP contribution in [0.3, 0.4) is 0 Å². The number of anilines is 1. The van der Waals surface area contributed by atoms with Crippen molar-refractivity contribution in [1.29, 1.82) is 0 Å². The molecule has 1 spiro atoms. The second kappa shape index (κ2) is 17.8. The van der Waals surface area contributed by atoms with Crippen molar-refractivity contribution in [3.8, 4) is 22.3 Å². The van der Waals surface area contributed by atoms with E-state index in [-0.39, 0.29) is 0 Å². The van der Waals surface area contributed by atoms with Gasteiger partial charge in [0.25, 0.3) is 0 Å². The molecule has 0 bridgehead atoms. The smallest absolute Gasteiger partial charge is 0.0720 e. The molecule has 0 unspecified atom stereocenters. The Bertz CT molecular complexity index is 3680. The van der Waals surface area contributed by atoms with E-state index >= 15 is 0 Å². The molecule has 1 nitrogen and oxygen atoms in total. The molecule has 0 radical (unpaired) electrons. The van der Waals surface area contributed by atoms with Gasteiger partial charge in [0.1, 0.15) is 0 Å². The van der Waals surface area contributed by atoms with Crippen molar-refractivity contribution in [1.82, 2.24) is 0 Å². The van der Waals surface area contributed by atoms with Crippen LogP contribution in [0.15, 0.2) is 279 Å². The fraction of sp³-hybridized carbons (Fsp3) is 0.0294. The van der Waals surface area contributed by atoms with Gasteiger partial charge in [0.2, 0.25) is 0 Å². The van der Waals surface area contributed by atoms with Gasteiger partial charge in [-0.25, -0.2) is 0 Å². The molecule has 0 saturated carbocycles. The molecule has 0 atom stereocenters. The molecule has 0 fully saturated rings. The van der Waals surface area contributed by atoms with E-state index < -0.39 is 10.8 Å². The Hall–Kier alpha value is -8.56. The Morgan fingerprint density at radius 2 is 0.843 bits per heavy atom. The molecule has 1 aromatic heterocycles. The number of hydrogen-bond donors (Lipinski definition) is 1. The number of benzene rings is 10. The van der Waals surface area contributed by atoms with Crippen molar-refractivity contribution in [2.45, 2.75) is 10.8 Å². The minimum Gasteiger partial charge on any atom is -0.399 e. The molecular formula is C68H49NS. The molecule has 0 amide bonds. The highest BCUT2D eigenvalue weighted by molar-refractivity contribution is 7.25. The van der Waals surface area contributed by atoms with E-state index in [0.717, 1.165) is 11.3 Å². The average Bonchev–Trinajstić information content (AvgIpc) is 3.93. The summed E-state index contributed by atoms with van der Waals surface area (Å²) in [6, 6.07) is 92.5. The van der Waals surface area contributed by atoms with Crippen LogP contribution in [0.2, 0.25) is 0 Å². The predicted octanol–water partition coefficient (Wildman–Crippen LogP) is 17.4. The molecule has 70 heavy (non-hydrogen) atoms. The fourth-order valence-corrected chi connectivity index (χ4v) is 12.6. The van der Waals surface area contributed by atoms with Gasteiger partial charge in [0.15, 0.2) is 0 Å². The maximum absolute atomic E-state index is 5.60. The molecule has 2 N–H and O–H groups in total. The summed E-state index contributed by atoms with van der Waals surface area (Å²) in [5, 5.41) is 2.65. The third kappa shape index (κ3) is 6.91. The molecule has 10 aromatic carbocycles. The molecule has 11 aromatic rings. The van der Waals surface area contributed by atoms with Gasteiger partial charge in [-0.3, -0.25) is 0 Å². The zero-order valence-corrected chi connectivity index (χ0v) is 39.5. The highest BCUT2D eigenvalue weighted by Crippen LogP contribution is 2.65. The van der Waals surface area contributed by atoms with Crippen molar-refractivity contribution in [3.63, 3.8) is 0 Å². The van der Waals surface area contributed by atoms with E-state index in [4.69, 9.17) is 5.73 Å². The first-order chi connectivity index (χ1) is 34.6. The van der Waals surface area contributed by atoms with Crippen LogP contribution in [-0.2, 0) is 10.8 Å². The Kier molecular flexibility index (Phi) is 10.9. The number of nitrogen functional groups attached to an aromatic ring is 1. The zero-order chi connectivity index (χ0) is 47.1. The summed E-state index contributed by atoms with van der Waals surface area (Å²) in [6.07, 6.45) is 6.64. The summed E-state index contributed by atoms with van der Waals surface area (Å²) < 4.78 is 2.66. The normalized spacial score (nSPS) is 15.0. The minimum atomic E-state index is -0.574. The third-order valence-electron chi connectivity index (χ3n) is 14.4. The number of thiophene rings is 1. The number of rotatable bonds is 6. The number of hydrogen-bond acceptors (Lipinski definition) is 2. The molecule has 0 aliphatic heterocycles. The molecule has 332 valence electrons. The lowest BCUT2D eigenvalue weighted by Crippen LogP contribution is -2.44. The van der Waals surface area contributed by atoms with Crippen LogP contribution in [0.1, 0.15) is 50.1 Å². The van der Waals surface area contributed by atoms with Crippen molar-refractivity contribution < 1.29 is 0 Å². The van der Waals surface area contributed by atoms with E-state index in [0.29, 0.717) is 0 Å². The van der Waals surface area contributed by atoms with Crippen molar-refractivity contribution in [2.24, 2.45) is 0 Å². The molecule has 13 rings (SSSR count). The van der Waals surface area contributed by atoms with Gasteiger partial charge in [-0.2, -0.15) is 0 Å². The van der Waals surface area contributed by atoms with Gasteiger partial charge in [-0.1, -0.05) is 243 Å². The Morgan fingerprint density at radius 3 is 1.46 bits per heavy atom. The summed E-state index contributed by atoms with van der Waals surface area (Å²) in [4.78, 5) is 0. The zero-order valence-electron chi connectivity index (χ0n) is 38.7. The summed E-state index contributed by atoms with van der Waals surface area (Å²) in [6.45, 7) is 4.32. The van der Waals surface area contributed by atoms with E-state index in [1.807, 2.05) is 59.9 Å². The van der Waals surface area contributed by atoms with Gasteiger partial charge in [0, 0.05) is 25.9 Å². The van der Waals surface area contributed by atoms with Crippen LogP contribution in [0.25, 0.3) is 54.1 Å². The quantitative estimate of drug-likeness (QED) is 0.165. The third-order valence-corrected chi connectivity index (χ3v) is 15.6. The number of allylic oxidation sites excluding steroid dienone is 4. The van der Waals surface area contributed by atoms with Gasteiger partial charge in [-0.15, -0.1) is 11.3 Å². The van der Waals surface area contributed by atoms with Gasteiger partial charge >= 0.3 is 0 Å². The second-order valence-electron chi connectivity index (χ2n) is 18.2. The summed E-state index contributed by atoms with van der Waals surface area (Å²) >= 11 is 1.86. The summed E-state index contributed by atoms with van der Waals surface area (Å²) in [5.41, 5.74) is 24.1. The molecule has 2 heteroatoms. The standard InChI is InChI=1S/C56H38S.C12H11N/c1-2-17-47-45(36-38-30-32-39(33-31-38)40-34-35-54-46(37-40)44-23-10-16-29-53(44)57-54)43-22-9-11-24-48(43)56(47)51-27-14-12-25-49(51)55(41-18-5-3-6-19-41,42-20-7-4-8-21-42)50-26-13-15-28-52(50)56;13-12-8-6-11(7-9-12)10-4-2-1-3-5-10/h2-37H,1H2;1-9H,13H2/b45-36-,47-17+;. The second-order valence-corrected chi connectivity index (χ2v) is 19.2. The number of fused-ring (bicyclic) bond motifs is 9. The first-order valence-electron chi connectivity index (χ1n) is 24.0. The van der Waals surface area contributed by atoms with Crippen LogP contribution < -0.4 is 5.73 Å². The SMILES string of the molecule is C=C/C=C1\C(=C/c2ccc(-c3ccc4sc5ccccc5c4c3)cc2)c2ccccc2C12c1ccccc1C(c1ccccc1)(c1ccccc1)c1ccccc12.Nc1ccc(-c2ccccc2)cc1. The lowest BCUT2D eigenvalue weighted by Gasteiger charge is -2.50. The summed E-state index contributed by atoms with van der Waals surface area (Å²) in [7, 11) is 0. The van der Waals surface area contributed by atoms with Gasteiger partial charge < -0.3 is 5.73 Å². The van der Waals surface area contributed by atoms with Crippen LogP contribution in [0, 0.1) is 0 Å². The molecule has 1 heterocycles. The number of nitrogens with two attached hydrogens (primary N) is 1. The molecule has 2 aliphatic rings. The van der Waals surface area contributed by atoms with Crippen LogP contribution in [-0.4, -0.2) is 0 Å². The largest absolute Gasteiger partial charge is 0.399 e. The summed E-state index contributed by atoms with van der Waals surface area (Å²) in [5.74, 6) is 0. The van der Waals surface area contributed by atoms with Gasteiger partial charge in [0.05, 0.1) is 10.8 Å².